The zero-order valence-electron chi connectivity index (χ0n) is 12.4. The van der Waals surface area contributed by atoms with Crippen LogP contribution in [-0.2, 0) is 0 Å². The Balaban J connectivity index is 2.14. The van der Waals surface area contributed by atoms with Gasteiger partial charge in [-0.05, 0) is 55.8 Å². The highest BCUT2D eigenvalue weighted by Gasteiger charge is 2.12. The average Bonchev–Trinajstić information content (AvgIpc) is 2.50. The van der Waals surface area contributed by atoms with E-state index >= 15 is 0 Å². The minimum Gasteiger partial charge on any atom is -0.399 e. The van der Waals surface area contributed by atoms with E-state index in [2.05, 4.69) is 49.1 Å². The third-order valence-electron chi connectivity index (χ3n) is 3.64. The van der Waals surface area contributed by atoms with Crippen LogP contribution in [0.15, 0.2) is 54.6 Å². The molecule has 0 bridgehead atoms. The fourth-order valence-corrected chi connectivity index (χ4v) is 2.63. The van der Waals surface area contributed by atoms with Crippen molar-refractivity contribution < 1.29 is 0 Å². The van der Waals surface area contributed by atoms with Gasteiger partial charge >= 0.3 is 0 Å². The first-order chi connectivity index (χ1) is 10.2. The molecular weight excluding hydrogens is 258 g/mol. The zero-order valence-corrected chi connectivity index (χ0v) is 12.4. The smallest absolute Gasteiger partial charge is 0.136 e. The van der Waals surface area contributed by atoms with E-state index in [1.165, 1.54) is 0 Å². The van der Waals surface area contributed by atoms with Crippen molar-refractivity contribution in [1.82, 2.24) is 4.98 Å². The Hall–Kier alpha value is -2.55. The van der Waals surface area contributed by atoms with Crippen LogP contribution in [0.3, 0.4) is 0 Å². The van der Waals surface area contributed by atoms with Crippen LogP contribution in [0.25, 0.3) is 10.9 Å². The van der Waals surface area contributed by atoms with E-state index in [-0.39, 0.29) is 0 Å². The highest BCUT2D eigenvalue weighted by molar-refractivity contribution is 5.85. The van der Waals surface area contributed by atoms with Crippen LogP contribution >= 0.6 is 0 Å². The summed E-state index contributed by atoms with van der Waals surface area (Å²) in [5, 5.41) is 1.08. The molecule has 0 fully saturated rings. The number of hydrogen-bond acceptors (Lipinski definition) is 3. The number of nitrogen functional groups attached to an aromatic ring is 1. The number of para-hydroxylation sites is 1. The van der Waals surface area contributed by atoms with Gasteiger partial charge in [-0.2, -0.15) is 0 Å². The SMILES string of the molecule is CCN(c1ccccc1)c1nc2ccc(N)cc2cc1C. The van der Waals surface area contributed by atoms with E-state index < -0.39 is 0 Å². The number of pyridine rings is 1. The first kappa shape index (κ1) is 13.4. The van der Waals surface area contributed by atoms with E-state index in [4.69, 9.17) is 10.7 Å². The molecule has 3 nitrogen and oxygen atoms in total. The predicted molar refractivity (Wildman–Crippen MR) is 90.0 cm³/mol. The summed E-state index contributed by atoms with van der Waals surface area (Å²) in [5.74, 6) is 1.00. The number of rotatable bonds is 3. The molecule has 0 spiro atoms. The largest absolute Gasteiger partial charge is 0.399 e. The third kappa shape index (κ3) is 2.55. The summed E-state index contributed by atoms with van der Waals surface area (Å²) in [6, 6.07) is 18.3. The highest BCUT2D eigenvalue weighted by atomic mass is 15.2. The molecule has 2 N–H and O–H groups in total. The van der Waals surface area contributed by atoms with Crippen LogP contribution in [0.5, 0.6) is 0 Å². The van der Waals surface area contributed by atoms with Crippen LogP contribution in [0.2, 0.25) is 0 Å². The molecule has 1 aromatic heterocycles. The summed E-state index contributed by atoms with van der Waals surface area (Å²) in [6.07, 6.45) is 0. The number of anilines is 3. The Bertz CT molecular complexity index is 766. The summed E-state index contributed by atoms with van der Waals surface area (Å²) < 4.78 is 0. The lowest BCUT2D eigenvalue weighted by atomic mass is 10.1. The van der Waals surface area contributed by atoms with Crippen molar-refractivity contribution in [2.24, 2.45) is 0 Å². The van der Waals surface area contributed by atoms with Crippen molar-refractivity contribution in [2.75, 3.05) is 17.2 Å². The van der Waals surface area contributed by atoms with Crippen LogP contribution in [-0.4, -0.2) is 11.5 Å². The molecule has 3 rings (SSSR count). The fourth-order valence-electron chi connectivity index (χ4n) is 2.63. The quantitative estimate of drug-likeness (QED) is 0.726. The number of benzene rings is 2. The Morgan fingerprint density at radius 3 is 2.52 bits per heavy atom. The van der Waals surface area contributed by atoms with Crippen LogP contribution in [0, 0.1) is 6.92 Å². The van der Waals surface area contributed by atoms with Gasteiger partial charge in [-0.1, -0.05) is 18.2 Å². The first-order valence-corrected chi connectivity index (χ1v) is 7.18. The molecule has 0 aliphatic rings. The number of nitrogens with zero attached hydrogens (tertiary/aromatic N) is 2. The first-order valence-electron chi connectivity index (χ1n) is 7.18. The monoisotopic (exact) mass is 277 g/mol. The minimum atomic E-state index is 0.770. The molecule has 21 heavy (non-hydrogen) atoms. The number of nitrogens with two attached hydrogens (primary N) is 1. The molecule has 0 amide bonds. The van der Waals surface area contributed by atoms with E-state index in [0.29, 0.717) is 0 Å². The Morgan fingerprint density at radius 1 is 1.05 bits per heavy atom. The number of aryl methyl sites for hydroxylation is 1. The fraction of sp³-hybridized carbons (Fsp3) is 0.167. The second-order valence-corrected chi connectivity index (χ2v) is 5.16. The molecule has 0 aliphatic heterocycles. The third-order valence-corrected chi connectivity index (χ3v) is 3.64. The van der Waals surface area contributed by atoms with E-state index in [0.717, 1.165) is 40.2 Å². The Morgan fingerprint density at radius 2 is 1.81 bits per heavy atom. The van der Waals surface area contributed by atoms with Gasteiger partial charge in [0.15, 0.2) is 0 Å². The van der Waals surface area contributed by atoms with Gasteiger partial charge in [0.1, 0.15) is 5.82 Å². The lowest BCUT2D eigenvalue weighted by Crippen LogP contribution is -2.18. The molecule has 0 saturated carbocycles. The maximum Gasteiger partial charge on any atom is 0.136 e. The standard InChI is InChI=1S/C18H19N3/c1-3-21(16-7-5-4-6-8-16)18-13(2)11-14-12-15(19)9-10-17(14)20-18/h4-12H,3,19H2,1-2H3. The van der Waals surface area contributed by atoms with Gasteiger partial charge in [0.05, 0.1) is 5.52 Å². The zero-order chi connectivity index (χ0) is 14.8. The van der Waals surface area contributed by atoms with Crippen molar-refractivity contribution in [1.29, 1.82) is 0 Å². The van der Waals surface area contributed by atoms with Crippen molar-refractivity contribution >= 4 is 28.1 Å². The number of fused-ring (bicyclic) bond motifs is 1. The summed E-state index contributed by atoms with van der Waals surface area (Å²) in [6.45, 7) is 5.11. The van der Waals surface area contributed by atoms with Gasteiger partial charge < -0.3 is 10.6 Å². The Kier molecular flexibility index (Phi) is 3.48. The van der Waals surface area contributed by atoms with Gasteiger partial charge in [0.25, 0.3) is 0 Å². The molecule has 0 unspecified atom stereocenters. The highest BCUT2D eigenvalue weighted by Crippen LogP contribution is 2.29. The average molecular weight is 277 g/mol. The Labute approximate surface area is 125 Å². The lowest BCUT2D eigenvalue weighted by molar-refractivity contribution is 0.987. The van der Waals surface area contributed by atoms with E-state index in [9.17, 15) is 0 Å². The summed E-state index contributed by atoms with van der Waals surface area (Å²) in [4.78, 5) is 7.06. The maximum atomic E-state index is 5.85. The summed E-state index contributed by atoms with van der Waals surface area (Å²) >= 11 is 0. The molecule has 0 atom stereocenters. The second-order valence-electron chi connectivity index (χ2n) is 5.16. The maximum absolute atomic E-state index is 5.85. The molecule has 1 heterocycles. The van der Waals surface area contributed by atoms with Crippen molar-refractivity contribution in [2.45, 2.75) is 13.8 Å². The molecule has 3 aromatic rings. The number of hydrogen-bond donors (Lipinski definition) is 1. The van der Waals surface area contributed by atoms with Crippen LogP contribution in [0.1, 0.15) is 12.5 Å². The summed E-state index contributed by atoms with van der Waals surface area (Å²) in [7, 11) is 0. The van der Waals surface area contributed by atoms with Gasteiger partial charge in [0, 0.05) is 23.3 Å². The van der Waals surface area contributed by atoms with Crippen LogP contribution < -0.4 is 10.6 Å². The van der Waals surface area contributed by atoms with E-state index in [1.54, 1.807) is 0 Å². The predicted octanol–water partition coefficient (Wildman–Crippen LogP) is 4.28. The minimum absolute atomic E-state index is 0.770. The molecule has 0 radical (unpaired) electrons. The topological polar surface area (TPSA) is 42.2 Å². The van der Waals surface area contributed by atoms with E-state index in [1.807, 2.05) is 24.3 Å². The molecule has 0 aliphatic carbocycles. The normalized spacial score (nSPS) is 10.8. The second kappa shape index (κ2) is 5.44. The van der Waals surface area contributed by atoms with Gasteiger partial charge in [0.2, 0.25) is 0 Å². The van der Waals surface area contributed by atoms with Crippen molar-refractivity contribution in [3.05, 3.63) is 60.2 Å². The number of aromatic nitrogens is 1. The van der Waals surface area contributed by atoms with Crippen molar-refractivity contribution in [3.63, 3.8) is 0 Å². The summed E-state index contributed by atoms with van der Waals surface area (Å²) in [5.41, 5.74) is 9.90. The van der Waals surface area contributed by atoms with Crippen LogP contribution in [0.4, 0.5) is 17.2 Å². The van der Waals surface area contributed by atoms with Gasteiger partial charge in [-0.15, -0.1) is 0 Å². The molecular formula is C18H19N3. The molecule has 2 aromatic carbocycles. The van der Waals surface area contributed by atoms with Gasteiger partial charge in [-0.25, -0.2) is 4.98 Å². The van der Waals surface area contributed by atoms with Crippen molar-refractivity contribution in [3.8, 4) is 0 Å². The lowest BCUT2D eigenvalue weighted by Gasteiger charge is -2.24. The molecule has 106 valence electrons. The molecule has 0 saturated heterocycles. The van der Waals surface area contributed by atoms with Gasteiger partial charge in [-0.3, -0.25) is 0 Å². The molecule has 3 heteroatoms.